The van der Waals surface area contributed by atoms with E-state index in [0.29, 0.717) is 4.70 Å². The van der Waals surface area contributed by atoms with Crippen LogP contribution in [0.2, 0.25) is 0 Å². The summed E-state index contributed by atoms with van der Waals surface area (Å²) in [5.74, 6) is -0.821. The molecule has 1 unspecified atom stereocenters. The quantitative estimate of drug-likeness (QED) is 0.583. The van der Waals surface area contributed by atoms with E-state index >= 15 is 0 Å². The summed E-state index contributed by atoms with van der Waals surface area (Å²) in [4.78, 5) is 36.9. The Kier molecular flexibility index (Phi) is 7.48. The number of rotatable bonds is 6. The highest BCUT2D eigenvalue weighted by Gasteiger charge is 2.28. The molecule has 30 heavy (non-hydrogen) atoms. The molecule has 0 radical (unpaired) electrons. The van der Waals surface area contributed by atoms with E-state index in [-0.39, 0.29) is 17.2 Å². The highest BCUT2D eigenvalue weighted by Crippen LogP contribution is 2.34. The molecule has 0 aliphatic carbocycles. The fourth-order valence-electron chi connectivity index (χ4n) is 2.53. The van der Waals surface area contributed by atoms with Gasteiger partial charge in [-0.05, 0) is 44.6 Å². The Hall–Kier alpha value is -2.18. The zero-order chi connectivity index (χ0) is 22.7. The van der Waals surface area contributed by atoms with E-state index < -0.39 is 39.6 Å². The molecule has 0 aliphatic rings. The number of primary amides is 1. The van der Waals surface area contributed by atoms with Gasteiger partial charge in [0, 0.05) is 10.1 Å². The molecule has 0 saturated heterocycles. The van der Waals surface area contributed by atoms with E-state index in [2.05, 4.69) is 14.4 Å². The highest BCUT2D eigenvalue weighted by atomic mass is 32.2. The van der Waals surface area contributed by atoms with Gasteiger partial charge in [0.1, 0.15) is 11.6 Å². The third-order valence-electron chi connectivity index (χ3n) is 3.60. The summed E-state index contributed by atoms with van der Waals surface area (Å²) in [7, 11) is -3.69. The van der Waals surface area contributed by atoms with Crippen molar-refractivity contribution < 1.29 is 23.3 Å². The van der Waals surface area contributed by atoms with E-state index in [4.69, 9.17) is 10.5 Å². The third-order valence-corrected chi connectivity index (χ3v) is 7.73. The smallest absolute Gasteiger partial charge is 0.408 e. The number of hydrogen-bond donors (Lipinski definition) is 3. The van der Waals surface area contributed by atoms with Crippen LogP contribution in [0, 0.1) is 5.92 Å². The van der Waals surface area contributed by atoms with Crippen LogP contribution in [-0.4, -0.2) is 33.9 Å². The van der Waals surface area contributed by atoms with Crippen LogP contribution in [0.5, 0.6) is 0 Å². The minimum atomic E-state index is -3.69. The van der Waals surface area contributed by atoms with Gasteiger partial charge in [0.25, 0.3) is 5.91 Å². The zero-order valence-electron chi connectivity index (χ0n) is 17.4. The van der Waals surface area contributed by atoms with E-state index in [0.717, 1.165) is 4.70 Å². The summed E-state index contributed by atoms with van der Waals surface area (Å²) < 4.78 is 26.2. The van der Waals surface area contributed by atoms with E-state index in [1.165, 1.54) is 22.7 Å². The molecule has 166 valence electrons. The summed E-state index contributed by atoms with van der Waals surface area (Å²) >= 11 is 2.63. The van der Waals surface area contributed by atoms with Crippen LogP contribution < -0.4 is 15.8 Å². The summed E-state index contributed by atoms with van der Waals surface area (Å²) in [5, 5.41) is 5.88. The van der Waals surface area contributed by atoms with Gasteiger partial charge in [-0.3, -0.25) is 4.79 Å². The maximum atomic E-state index is 13.6. The van der Waals surface area contributed by atoms with Crippen molar-refractivity contribution in [1.29, 1.82) is 0 Å². The predicted octanol–water partition coefficient (Wildman–Crippen LogP) is 3.84. The Morgan fingerprint density at radius 1 is 1.27 bits per heavy atom. The number of nitrogens with one attached hydrogen (secondary N) is 2. The molecule has 2 heterocycles. The van der Waals surface area contributed by atoms with Crippen molar-refractivity contribution in [3.05, 3.63) is 16.8 Å². The lowest BCUT2D eigenvalue weighted by atomic mass is 10.0. The van der Waals surface area contributed by atoms with Crippen molar-refractivity contribution >= 4 is 60.0 Å². The lowest BCUT2D eigenvalue weighted by molar-refractivity contribution is -0.120. The monoisotopic (exact) mass is 474 g/mol. The van der Waals surface area contributed by atoms with Crippen molar-refractivity contribution in [2.24, 2.45) is 16.0 Å². The molecule has 2 aromatic rings. The van der Waals surface area contributed by atoms with Gasteiger partial charge in [-0.15, -0.1) is 27.0 Å². The molecular weight excluding hydrogens is 448 g/mol. The average Bonchev–Trinajstić information content (AvgIpc) is 3.13. The van der Waals surface area contributed by atoms with Gasteiger partial charge in [-0.1, -0.05) is 13.8 Å². The summed E-state index contributed by atoms with van der Waals surface area (Å²) in [6, 6.07) is -0.313. The molecule has 0 bridgehead atoms. The van der Waals surface area contributed by atoms with E-state index in [1.807, 2.05) is 25.3 Å². The topological polar surface area (TPSA) is 140 Å². The molecule has 2 rings (SSSR count). The van der Waals surface area contributed by atoms with Gasteiger partial charge >= 0.3 is 12.1 Å². The molecule has 0 aromatic carbocycles. The second-order valence-corrected chi connectivity index (χ2v) is 11.7. The highest BCUT2D eigenvalue weighted by molar-refractivity contribution is 7.93. The molecule has 9 nitrogen and oxygen atoms in total. The van der Waals surface area contributed by atoms with Crippen LogP contribution in [-0.2, 0) is 19.4 Å². The number of fused-ring (bicyclic) bond motifs is 1. The number of alkyl carbamates (subject to hydrolysis) is 1. The van der Waals surface area contributed by atoms with Crippen molar-refractivity contribution in [2.45, 2.75) is 57.6 Å². The minimum absolute atomic E-state index is 0.0226. The number of thiophene rings is 2. The first kappa shape index (κ1) is 24.1. The number of nitrogens with zero attached hydrogens (tertiary/aromatic N) is 1. The molecule has 12 heteroatoms. The summed E-state index contributed by atoms with van der Waals surface area (Å²) in [6.45, 7) is 8.82. The zero-order valence-corrected chi connectivity index (χ0v) is 19.8. The van der Waals surface area contributed by atoms with Crippen LogP contribution in [0.15, 0.2) is 26.1 Å². The lowest BCUT2D eigenvalue weighted by Crippen LogP contribution is -2.44. The number of ether oxygens (including phenoxy) is 1. The molecule has 0 saturated carbocycles. The largest absolute Gasteiger partial charge is 0.444 e. The third kappa shape index (κ3) is 6.41. The van der Waals surface area contributed by atoms with Gasteiger partial charge in [0.2, 0.25) is 0 Å². The second kappa shape index (κ2) is 9.31. The first-order valence-corrected chi connectivity index (χ1v) is 12.4. The fourth-order valence-corrected chi connectivity index (χ4v) is 6.87. The first-order chi connectivity index (χ1) is 13.8. The summed E-state index contributed by atoms with van der Waals surface area (Å²) in [5.41, 5.74) is 4.45. The molecule has 0 fully saturated rings. The maximum Gasteiger partial charge on any atom is 0.408 e. The van der Waals surface area contributed by atoms with Crippen molar-refractivity contribution in [3.63, 3.8) is 0 Å². The van der Waals surface area contributed by atoms with Gasteiger partial charge in [-0.25, -0.2) is 18.5 Å². The molecule has 2 aromatic heterocycles. The number of carbonyl (C=O) groups excluding carboxylic acids is 3. The van der Waals surface area contributed by atoms with Crippen LogP contribution in [0.3, 0.4) is 0 Å². The van der Waals surface area contributed by atoms with Crippen LogP contribution >= 0.6 is 22.7 Å². The normalized spacial score (nSPS) is 14.7. The first-order valence-electron chi connectivity index (χ1n) is 9.13. The average molecular weight is 475 g/mol. The van der Waals surface area contributed by atoms with Gasteiger partial charge in [0.05, 0.1) is 9.60 Å². The van der Waals surface area contributed by atoms with Crippen LogP contribution in [0.4, 0.5) is 9.59 Å². The van der Waals surface area contributed by atoms with E-state index in [9.17, 15) is 18.6 Å². The maximum absolute atomic E-state index is 13.6. The van der Waals surface area contributed by atoms with Crippen LogP contribution in [0.1, 0.15) is 41.0 Å². The molecule has 0 aliphatic heterocycles. The lowest BCUT2D eigenvalue weighted by Gasteiger charge is -2.23. The Bertz CT molecular complexity index is 1060. The van der Waals surface area contributed by atoms with Gasteiger partial charge < -0.3 is 15.8 Å². The number of hydrogen-bond acceptors (Lipinski definition) is 7. The van der Waals surface area contributed by atoms with E-state index in [1.54, 1.807) is 26.2 Å². The molecular formula is C18H26N4O5S3. The van der Waals surface area contributed by atoms with Gasteiger partial charge in [-0.2, -0.15) is 0 Å². The second-order valence-electron chi connectivity index (χ2n) is 7.96. The predicted molar refractivity (Wildman–Crippen MR) is 119 cm³/mol. The van der Waals surface area contributed by atoms with Crippen molar-refractivity contribution in [2.75, 3.05) is 0 Å². The summed E-state index contributed by atoms with van der Waals surface area (Å²) in [6.07, 6.45) is -0.548. The Labute approximate surface area is 183 Å². The van der Waals surface area contributed by atoms with Crippen molar-refractivity contribution in [1.82, 2.24) is 10.0 Å². The SMILES string of the molecule is CC(C)C[C@H](NC(=O)OC(C)(C)C)C(=O)N=S(=O)(NC(N)=O)c1csc2ccsc12. The molecule has 0 spiro atoms. The number of urea groups is 1. The van der Waals surface area contributed by atoms with Crippen molar-refractivity contribution in [3.8, 4) is 0 Å². The molecule has 2 atom stereocenters. The Morgan fingerprint density at radius 3 is 2.50 bits per heavy atom. The number of carbonyl (C=O) groups is 3. The number of amides is 4. The Balaban J connectivity index is 2.44. The van der Waals surface area contributed by atoms with Gasteiger partial charge in [0.15, 0.2) is 9.92 Å². The Morgan fingerprint density at radius 2 is 1.93 bits per heavy atom. The van der Waals surface area contributed by atoms with Crippen LogP contribution in [0.25, 0.3) is 9.40 Å². The molecule has 4 amide bonds. The molecule has 4 N–H and O–H groups in total. The number of nitrogens with two attached hydrogens (primary N) is 1. The fraction of sp³-hybridized carbons (Fsp3) is 0.500. The minimum Gasteiger partial charge on any atom is -0.444 e. The standard InChI is InChI=1S/C18H26N4O5S3/c1-10(2)8-11(20-17(25)27-18(3,4)5)15(23)21-30(26,22-16(19)24)13-9-29-12-6-7-28-14(12)13/h6-7,9-11H,8H2,1-5H3,(H,20,25)(H3,19,21,22,23,24,26)/t11-,30?/m0/s1.